The van der Waals surface area contributed by atoms with Gasteiger partial charge in [-0.05, 0) is 31.4 Å². The Bertz CT molecular complexity index is 454. The summed E-state index contributed by atoms with van der Waals surface area (Å²) in [6, 6.07) is 5.32. The summed E-state index contributed by atoms with van der Waals surface area (Å²) in [5.41, 5.74) is -0.0466. The maximum atomic E-state index is 11.6. The Kier molecular flexibility index (Phi) is 4.17. The molecule has 0 spiro atoms. The van der Waals surface area contributed by atoms with Crippen LogP contribution in [0.1, 0.15) is 19.3 Å². The van der Waals surface area contributed by atoms with Crippen LogP contribution in [0.5, 0.6) is 5.75 Å². The molecule has 102 valence electrons. The van der Waals surface area contributed by atoms with Crippen LogP contribution in [0.15, 0.2) is 24.3 Å². The first-order valence-corrected chi connectivity index (χ1v) is 6.05. The van der Waals surface area contributed by atoms with Crippen molar-refractivity contribution in [2.24, 2.45) is 0 Å². The van der Waals surface area contributed by atoms with Gasteiger partial charge in [0, 0.05) is 25.2 Å². The van der Waals surface area contributed by atoms with Gasteiger partial charge in [-0.2, -0.15) is 0 Å². The van der Waals surface area contributed by atoms with Gasteiger partial charge >= 0.3 is 6.09 Å². The van der Waals surface area contributed by atoms with Crippen molar-refractivity contribution in [2.45, 2.75) is 19.3 Å². The van der Waals surface area contributed by atoms with E-state index in [4.69, 9.17) is 4.89 Å². The summed E-state index contributed by atoms with van der Waals surface area (Å²) in [6.07, 6.45) is 2.52. The molecule has 0 saturated carbocycles. The van der Waals surface area contributed by atoms with Crippen LogP contribution in [-0.4, -0.2) is 29.0 Å². The van der Waals surface area contributed by atoms with E-state index in [1.807, 2.05) is 0 Å². The number of non-ortho nitro benzene ring substituents is 1. The van der Waals surface area contributed by atoms with Gasteiger partial charge in [-0.15, -0.1) is 0 Å². The van der Waals surface area contributed by atoms with E-state index in [2.05, 4.69) is 4.89 Å². The highest BCUT2D eigenvalue weighted by Gasteiger charge is 2.19. The molecule has 2 rings (SSSR count). The highest BCUT2D eigenvalue weighted by molar-refractivity contribution is 5.67. The lowest BCUT2D eigenvalue weighted by molar-refractivity contribution is -0.384. The number of benzene rings is 1. The lowest BCUT2D eigenvalue weighted by Crippen LogP contribution is -2.36. The number of nitro benzene ring substituents is 1. The zero-order valence-electron chi connectivity index (χ0n) is 10.3. The van der Waals surface area contributed by atoms with E-state index in [0.29, 0.717) is 13.1 Å². The number of hydrogen-bond acceptors (Lipinski definition) is 5. The van der Waals surface area contributed by atoms with Gasteiger partial charge in [0.2, 0.25) is 0 Å². The fraction of sp³-hybridized carbons (Fsp3) is 0.417. The molecule has 7 heteroatoms. The third-order valence-corrected chi connectivity index (χ3v) is 2.87. The Morgan fingerprint density at radius 2 is 1.79 bits per heavy atom. The topological polar surface area (TPSA) is 81.9 Å². The van der Waals surface area contributed by atoms with Gasteiger partial charge in [0.25, 0.3) is 5.69 Å². The molecule has 1 aromatic rings. The van der Waals surface area contributed by atoms with Crippen LogP contribution in [-0.2, 0) is 4.89 Å². The van der Waals surface area contributed by atoms with Crippen molar-refractivity contribution in [3.05, 3.63) is 34.4 Å². The van der Waals surface area contributed by atoms with E-state index < -0.39 is 11.0 Å². The second-order valence-electron chi connectivity index (χ2n) is 4.23. The molecule has 0 aliphatic carbocycles. The quantitative estimate of drug-likeness (QED) is 0.477. The molecule has 1 fully saturated rings. The van der Waals surface area contributed by atoms with Gasteiger partial charge in [-0.25, -0.2) is 9.68 Å². The molecule has 1 amide bonds. The minimum Gasteiger partial charge on any atom is -0.305 e. The van der Waals surface area contributed by atoms with Crippen molar-refractivity contribution in [1.29, 1.82) is 0 Å². The van der Waals surface area contributed by atoms with E-state index in [9.17, 15) is 14.9 Å². The summed E-state index contributed by atoms with van der Waals surface area (Å²) >= 11 is 0. The molecular formula is C12H14N2O5. The van der Waals surface area contributed by atoms with Crippen LogP contribution in [0.2, 0.25) is 0 Å². The average Bonchev–Trinajstić information content (AvgIpc) is 2.46. The summed E-state index contributed by atoms with van der Waals surface area (Å²) in [5.74, 6) is 0.246. The number of rotatable bonds is 3. The van der Waals surface area contributed by atoms with Crippen LogP contribution < -0.4 is 4.89 Å². The van der Waals surface area contributed by atoms with Gasteiger partial charge in [0.15, 0.2) is 5.75 Å². The second kappa shape index (κ2) is 6.03. The van der Waals surface area contributed by atoms with Crippen LogP contribution in [0.25, 0.3) is 0 Å². The fourth-order valence-electron chi connectivity index (χ4n) is 1.84. The van der Waals surface area contributed by atoms with Crippen molar-refractivity contribution in [3.8, 4) is 5.75 Å². The Balaban J connectivity index is 1.84. The molecule has 1 heterocycles. The first-order chi connectivity index (χ1) is 9.16. The fourth-order valence-corrected chi connectivity index (χ4v) is 1.84. The third kappa shape index (κ3) is 3.57. The second-order valence-corrected chi connectivity index (χ2v) is 4.23. The Morgan fingerprint density at radius 1 is 1.16 bits per heavy atom. The molecule has 19 heavy (non-hydrogen) atoms. The molecule has 1 aliphatic rings. The Labute approximate surface area is 109 Å². The highest BCUT2D eigenvalue weighted by atomic mass is 17.2. The maximum Gasteiger partial charge on any atom is 0.452 e. The standard InChI is InChI=1S/C12H14N2O5/c15-12(13-8-2-1-3-9-13)19-18-11-6-4-10(5-7-11)14(16)17/h4-7H,1-3,8-9H2. The summed E-state index contributed by atoms with van der Waals surface area (Å²) in [6.45, 7) is 1.34. The molecule has 0 bridgehead atoms. The molecule has 0 unspecified atom stereocenters. The highest BCUT2D eigenvalue weighted by Crippen LogP contribution is 2.18. The molecule has 1 aromatic carbocycles. The van der Waals surface area contributed by atoms with Crippen molar-refractivity contribution in [2.75, 3.05) is 13.1 Å². The first kappa shape index (κ1) is 13.1. The molecule has 0 N–H and O–H groups in total. The molecule has 7 nitrogen and oxygen atoms in total. The van der Waals surface area contributed by atoms with E-state index in [1.54, 1.807) is 4.90 Å². The number of nitrogens with zero attached hydrogens (tertiary/aromatic N) is 2. The van der Waals surface area contributed by atoms with Crippen molar-refractivity contribution < 1.29 is 19.5 Å². The predicted octanol–water partition coefficient (Wildman–Crippen LogP) is 2.51. The largest absolute Gasteiger partial charge is 0.452 e. The SMILES string of the molecule is O=C(OOc1ccc([N+](=O)[O-])cc1)N1CCCCC1. The number of amides is 1. The van der Waals surface area contributed by atoms with Gasteiger partial charge < -0.3 is 4.90 Å². The van der Waals surface area contributed by atoms with Crippen molar-refractivity contribution >= 4 is 11.8 Å². The van der Waals surface area contributed by atoms with E-state index in [0.717, 1.165) is 19.3 Å². The summed E-state index contributed by atoms with van der Waals surface area (Å²) < 4.78 is 0. The zero-order valence-corrected chi connectivity index (χ0v) is 10.3. The molecule has 0 atom stereocenters. The Hall–Kier alpha value is -2.31. The normalized spacial score (nSPS) is 14.8. The van der Waals surface area contributed by atoms with Crippen LogP contribution in [0.4, 0.5) is 10.5 Å². The first-order valence-electron chi connectivity index (χ1n) is 6.05. The van der Waals surface area contributed by atoms with Crippen LogP contribution in [0.3, 0.4) is 0 Å². The zero-order chi connectivity index (χ0) is 13.7. The third-order valence-electron chi connectivity index (χ3n) is 2.87. The van der Waals surface area contributed by atoms with E-state index in [-0.39, 0.29) is 11.4 Å². The number of carbonyl (C=O) groups excluding carboxylic acids is 1. The number of nitro groups is 1. The van der Waals surface area contributed by atoms with Crippen molar-refractivity contribution in [1.82, 2.24) is 4.90 Å². The van der Waals surface area contributed by atoms with Crippen LogP contribution in [0, 0.1) is 10.1 Å². The smallest absolute Gasteiger partial charge is 0.305 e. The van der Waals surface area contributed by atoms with E-state index >= 15 is 0 Å². The summed E-state index contributed by atoms with van der Waals surface area (Å²) in [4.78, 5) is 32.7. The number of carbonyl (C=O) groups is 1. The van der Waals surface area contributed by atoms with Gasteiger partial charge in [-0.1, -0.05) is 0 Å². The number of hydrogen-bond donors (Lipinski definition) is 0. The Morgan fingerprint density at radius 3 is 2.37 bits per heavy atom. The molecule has 0 radical (unpaired) electrons. The molecular weight excluding hydrogens is 252 g/mol. The number of likely N-dealkylation sites (tertiary alicyclic amines) is 1. The lowest BCUT2D eigenvalue weighted by atomic mass is 10.1. The maximum absolute atomic E-state index is 11.6. The van der Waals surface area contributed by atoms with Crippen molar-refractivity contribution in [3.63, 3.8) is 0 Å². The summed E-state index contributed by atoms with van der Waals surface area (Å²) in [5, 5.41) is 10.5. The summed E-state index contributed by atoms with van der Waals surface area (Å²) in [7, 11) is 0. The monoisotopic (exact) mass is 266 g/mol. The predicted molar refractivity (Wildman–Crippen MR) is 65.6 cm³/mol. The average molecular weight is 266 g/mol. The van der Waals surface area contributed by atoms with Gasteiger partial charge in [0.05, 0.1) is 4.92 Å². The van der Waals surface area contributed by atoms with Gasteiger partial charge in [-0.3, -0.25) is 15.0 Å². The molecule has 1 saturated heterocycles. The minimum atomic E-state index is -0.530. The lowest BCUT2D eigenvalue weighted by Gasteiger charge is -2.24. The minimum absolute atomic E-state index is 0.0466. The van der Waals surface area contributed by atoms with E-state index in [1.165, 1.54) is 24.3 Å². The molecule has 0 aromatic heterocycles. The molecule has 1 aliphatic heterocycles. The number of piperidine rings is 1. The van der Waals surface area contributed by atoms with Gasteiger partial charge in [0.1, 0.15) is 0 Å². The van der Waals surface area contributed by atoms with Crippen LogP contribution >= 0.6 is 0 Å².